The Bertz CT molecular complexity index is 836. The Hall–Kier alpha value is -3.09. The Morgan fingerprint density at radius 1 is 1.19 bits per heavy atom. The highest BCUT2D eigenvalue weighted by atomic mass is 16.6. The number of carbonyl (C=O) groups is 1. The van der Waals surface area contributed by atoms with Crippen LogP contribution in [0.5, 0.6) is 11.5 Å². The summed E-state index contributed by atoms with van der Waals surface area (Å²) >= 11 is 0. The van der Waals surface area contributed by atoms with Gasteiger partial charge in [0, 0.05) is 35.9 Å². The van der Waals surface area contributed by atoms with Crippen LogP contribution in [0.1, 0.15) is 34.8 Å². The molecule has 3 rings (SSSR count). The number of rotatable bonds is 5. The number of likely N-dealkylation sites (tertiary alicyclic amines) is 1. The molecule has 7 heteroatoms. The zero-order chi connectivity index (χ0) is 18.7. The summed E-state index contributed by atoms with van der Waals surface area (Å²) in [5.41, 5.74) is 1.14. The van der Waals surface area contributed by atoms with E-state index in [4.69, 9.17) is 9.47 Å². The van der Waals surface area contributed by atoms with Gasteiger partial charge in [0.05, 0.1) is 25.2 Å². The summed E-state index contributed by atoms with van der Waals surface area (Å²) in [6, 6.07) is 11.2. The van der Waals surface area contributed by atoms with Crippen LogP contribution in [-0.2, 0) is 0 Å². The lowest BCUT2D eigenvalue weighted by molar-refractivity contribution is -0.384. The van der Waals surface area contributed by atoms with Crippen molar-refractivity contribution >= 4 is 11.6 Å². The lowest BCUT2D eigenvalue weighted by atomic mass is 10.0. The van der Waals surface area contributed by atoms with Gasteiger partial charge in [-0.05, 0) is 31.0 Å². The van der Waals surface area contributed by atoms with Crippen LogP contribution in [-0.4, -0.2) is 36.5 Å². The number of carbonyl (C=O) groups excluding carboxylic acids is 1. The SMILES string of the molecule is COc1ccc(C2CCCN2C(=O)c2cccc([N+](=O)[O-])c2)c(OC)c1. The summed E-state index contributed by atoms with van der Waals surface area (Å²) in [5.74, 6) is 1.13. The highest BCUT2D eigenvalue weighted by molar-refractivity contribution is 5.95. The Balaban J connectivity index is 1.92. The van der Waals surface area contributed by atoms with Crippen molar-refractivity contribution in [2.45, 2.75) is 18.9 Å². The van der Waals surface area contributed by atoms with Crippen LogP contribution in [0.4, 0.5) is 5.69 Å². The normalized spacial score (nSPS) is 16.4. The lowest BCUT2D eigenvalue weighted by Gasteiger charge is -2.26. The molecular weight excluding hydrogens is 336 g/mol. The summed E-state index contributed by atoms with van der Waals surface area (Å²) in [6.07, 6.45) is 1.67. The van der Waals surface area contributed by atoms with Gasteiger partial charge in [-0.2, -0.15) is 0 Å². The second kappa shape index (κ2) is 7.43. The Kier molecular flexibility index (Phi) is 5.06. The van der Waals surface area contributed by atoms with Gasteiger partial charge >= 0.3 is 0 Å². The van der Waals surface area contributed by atoms with Crippen molar-refractivity contribution < 1.29 is 19.2 Å². The van der Waals surface area contributed by atoms with Crippen LogP contribution in [0.25, 0.3) is 0 Å². The number of nitro groups is 1. The molecule has 0 spiro atoms. The van der Waals surface area contributed by atoms with Gasteiger partial charge in [0.1, 0.15) is 11.5 Å². The molecule has 26 heavy (non-hydrogen) atoms. The lowest BCUT2D eigenvalue weighted by Crippen LogP contribution is -2.30. The van der Waals surface area contributed by atoms with E-state index in [0.29, 0.717) is 23.6 Å². The van der Waals surface area contributed by atoms with Crippen molar-refractivity contribution in [3.05, 3.63) is 63.7 Å². The molecule has 1 saturated heterocycles. The molecule has 136 valence electrons. The molecule has 1 unspecified atom stereocenters. The minimum atomic E-state index is -0.495. The van der Waals surface area contributed by atoms with Crippen LogP contribution in [0.15, 0.2) is 42.5 Å². The summed E-state index contributed by atoms with van der Waals surface area (Å²) in [7, 11) is 3.17. The number of amides is 1. The Morgan fingerprint density at radius 2 is 2.00 bits per heavy atom. The number of nitro benzene ring substituents is 1. The molecule has 0 aromatic heterocycles. The van der Waals surface area contributed by atoms with Gasteiger partial charge in [-0.3, -0.25) is 14.9 Å². The molecule has 0 aliphatic carbocycles. The number of benzene rings is 2. The fourth-order valence-corrected chi connectivity index (χ4v) is 3.35. The average Bonchev–Trinajstić information content (AvgIpc) is 3.16. The minimum Gasteiger partial charge on any atom is -0.497 e. The number of hydrogen-bond acceptors (Lipinski definition) is 5. The summed E-state index contributed by atoms with van der Waals surface area (Å²) < 4.78 is 10.7. The molecule has 2 aromatic carbocycles. The van der Waals surface area contributed by atoms with Crippen LogP contribution in [0, 0.1) is 10.1 Å². The fourth-order valence-electron chi connectivity index (χ4n) is 3.35. The zero-order valence-corrected chi connectivity index (χ0v) is 14.7. The number of non-ortho nitro benzene ring substituents is 1. The smallest absolute Gasteiger partial charge is 0.270 e. The van der Waals surface area contributed by atoms with Crippen molar-refractivity contribution in [3.63, 3.8) is 0 Å². The van der Waals surface area contributed by atoms with Gasteiger partial charge in [-0.1, -0.05) is 6.07 Å². The van der Waals surface area contributed by atoms with Crippen LogP contribution in [0.2, 0.25) is 0 Å². The van der Waals surface area contributed by atoms with E-state index in [1.54, 1.807) is 31.3 Å². The molecule has 0 saturated carbocycles. The van der Waals surface area contributed by atoms with E-state index in [2.05, 4.69) is 0 Å². The van der Waals surface area contributed by atoms with E-state index in [1.807, 2.05) is 12.1 Å². The monoisotopic (exact) mass is 356 g/mol. The first kappa shape index (κ1) is 17.7. The molecule has 1 aliphatic heterocycles. The quantitative estimate of drug-likeness (QED) is 0.604. The van der Waals surface area contributed by atoms with Crippen LogP contribution < -0.4 is 9.47 Å². The second-order valence-corrected chi connectivity index (χ2v) is 6.07. The summed E-state index contributed by atoms with van der Waals surface area (Å²) in [6.45, 7) is 0.599. The minimum absolute atomic E-state index is 0.0892. The van der Waals surface area contributed by atoms with Crippen molar-refractivity contribution in [3.8, 4) is 11.5 Å². The molecule has 0 radical (unpaired) electrons. The van der Waals surface area contributed by atoms with E-state index in [1.165, 1.54) is 18.2 Å². The van der Waals surface area contributed by atoms with Crippen molar-refractivity contribution in [2.75, 3.05) is 20.8 Å². The number of methoxy groups -OCH3 is 2. The maximum atomic E-state index is 13.0. The first-order valence-corrected chi connectivity index (χ1v) is 8.32. The maximum absolute atomic E-state index is 13.0. The molecule has 1 heterocycles. The molecule has 1 amide bonds. The Labute approximate surface area is 151 Å². The van der Waals surface area contributed by atoms with Crippen LogP contribution in [0.3, 0.4) is 0 Å². The van der Waals surface area contributed by atoms with Gasteiger partial charge in [0.25, 0.3) is 11.6 Å². The summed E-state index contributed by atoms with van der Waals surface area (Å²) in [4.78, 5) is 25.2. The molecule has 0 bridgehead atoms. The standard InChI is InChI=1S/C19H20N2O5/c1-25-15-8-9-16(18(12-15)26-2)17-7-4-10-20(17)19(22)13-5-3-6-14(11-13)21(23)24/h3,5-6,8-9,11-12,17H,4,7,10H2,1-2H3. The molecule has 1 aliphatic rings. The fraction of sp³-hybridized carbons (Fsp3) is 0.316. The third kappa shape index (κ3) is 3.33. The first-order chi connectivity index (χ1) is 12.5. The van der Waals surface area contributed by atoms with E-state index in [0.717, 1.165) is 18.4 Å². The largest absolute Gasteiger partial charge is 0.497 e. The van der Waals surface area contributed by atoms with E-state index in [9.17, 15) is 14.9 Å². The van der Waals surface area contributed by atoms with Gasteiger partial charge < -0.3 is 14.4 Å². The third-order valence-electron chi connectivity index (χ3n) is 4.62. The van der Waals surface area contributed by atoms with E-state index < -0.39 is 4.92 Å². The molecule has 1 atom stereocenters. The van der Waals surface area contributed by atoms with Gasteiger partial charge in [0.2, 0.25) is 0 Å². The van der Waals surface area contributed by atoms with E-state index >= 15 is 0 Å². The highest BCUT2D eigenvalue weighted by Gasteiger charge is 2.33. The van der Waals surface area contributed by atoms with Crippen molar-refractivity contribution in [1.82, 2.24) is 4.90 Å². The van der Waals surface area contributed by atoms with Gasteiger partial charge in [-0.25, -0.2) is 0 Å². The second-order valence-electron chi connectivity index (χ2n) is 6.07. The average molecular weight is 356 g/mol. The number of hydrogen-bond donors (Lipinski definition) is 0. The maximum Gasteiger partial charge on any atom is 0.270 e. The van der Waals surface area contributed by atoms with Crippen molar-refractivity contribution in [1.29, 1.82) is 0 Å². The zero-order valence-electron chi connectivity index (χ0n) is 14.7. The van der Waals surface area contributed by atoms with E-state index in [-0.39, 0.29) is 17.6 Å². The van der Waals surface area contributed by atoms with Crippen molar-refractivity contribution in [2.24, 2.45) is 0 Å². The topological polar surface area (TPSA) is 81.9 Å². The molecule has 7 nitrogen and oxygen atoms in total. The molecule has 0 N–H and O–H groups in total. The Morgan fingerprint density at radius 3 is 2.69 bits per heavy atom. The van der Waals surface area contributed by atoms with Gasteiger partial charge in [-0.15, -0.1) is 0 Å². The number of ether oxygens (including phenoxy) is 2. The number of nitrogens with zero attached hydrogens (tertiary/aromatic N) is 2. The molecule has 1 fully saturated rings. The third-order valence-corrected chi connectivity index (χ3v) is 4.62. The first-order valence-electron chi connectivity index (χ1n) is 8.32. The molecule has 2 aromatic rings. The molecular formula is C19H20N2O5. The van der Waals surface area contributed by atoms with Gasteiger partial charge in [0.15, 0.2) is 0 Å². The predicted octanol–water partition coefficient (Wildman–Crippen LogP) is 3.59. The summed E-state index contributed by atoms with van der Waals surface area (Å²) in [5, 5.41) is 11.0. The highest BCUT2D eigenvalue weighted by Crippen LogP contribution is 2.39. The van der Waals surface area contributed by atoms with Crippen LogP contribution >= 0.6 is 0 Å². The predicted molar refractivity (Wildman–Crippen MR) is 95.7 cm³/mol.